The Balaban J connectivity index is 2.02. The Bertz CT molecular complexity index is 670. The monoisotopic (exact) mass is 278 g/mol. The van der Waals surface area contributed by atoms with Crippen molar-refractivity contribution in [2.75, 3.05) is 0 Å². The smallest absolute Gasteiger partial charge is 0.289 e. The van der Waals surface area contributed by atoms with Gasteiger partial charge in [0.2, 0.25) is 0 Å². The lowest BCUT2D eigenvalue weighted by molar-refractivity contribution is 0.0949. The molecular weight excluding hydrogens is 268 g/mol. The van der Waals surface area contributed by atoms with Crippen LogP contribution in [0.25, 0.3) is 0 Å². The summed E-state index contributed by atoms with van der Waals surface area (Å²) in [7, 11) is 0. The van der Waals surface area contributed by atoms with E-state index in [1.807, 2.05) is 0 Å². The van der Waals surface area contributed by atoms with E-state index >= 15 is 0 Å². The van der Waals surface area contributed by atoms with E-state index in [-0.39, 0.29) is 11.3 Å². The van der Waals surface area contributed by atoms with Crippen molar-refractivity contribution in [2.24, 2.45) is 5.10 Å². The fourth-order valence-electron chi connectivity index (χ4n) is 1.42. The second-order valence-corrected chi connectivity index (χ2v) is 4.27. The summed E-state index contributed by atoms with van der Waals surface area (Å²) in [6, 6.07) is 6.97. The number of hydrazone groups is 1. The number of carbonyl (C=O) groups is 1. The molecule has 0 fully saturated rings. The topological polar surface area (TPSA) is 90.1 Å². The largest absolute Gasteiger partial charge is 0.293 e. The average molecular weight is 279 g/mol. The van der Waals surface area contributed by atoms with Crippen molar-refractivity contribution in [2.45, 2.75) is 6.92 Å². The number of benzene rings is 1. The molecule has 0 bridgehead atoms. The first-order chi connectivity index (χ1) is 9.08. The van der Waals surface area contributed by atoms with Gasteiger partial charge in [0.15, 0.2) is 0 Å². The van der Waals surface area contributed by atoms with Crippen molar-refractivity contribution in [3.63, 3.8) is 0 Å². The van der Waals surface area contributed by atoms with Crippen molar-refractivity contribution in [3.05, 3.63) is 56.5 Å². The molecule has 0 atom stereocenters. The van der Waals surface area contributed by atoms with Crippen LogP contribution in [0.4, 0.5) is 0 Å². The van der Waals surface area contributed by atoms with Gasteiger partial charge < -0.3 is 0 Å². The predicted molar refractivity (Wildman–Crippen MR) is 72.7 cm³/mol. The molecule has 19 heavy (non-hydrogen) atoms. The molecule has 1 aromatic carbocycles. The van der Waals surface area contributed by atoms with Crippen molar-refractivity contribution >= 4 is 23.7 Å². The van der Waals surface area contributed by atoms with Crippen LogP contribution in [0.2, 0.25) is 5.02 Å². The van der Waals surface area contributed by atoms with Crippen LogP contribution in [0.15, 0.2) is 34.2 Å². The van der Waals surface area contributed by atoms with Crippen LogP contribution < -0.4 is 11.0 Å². The van der Waals surface area contributed by atoms with Crippen LogP contribution in [0, 0.1) is 6.92 Å². The number of aromatic amines is 2. The number of H-pyrrole nitrogens is 2. The number of rotatable bonds is 3. The summed E-state index contributed by atoms with van der Waals surface area (Å²) >= 11 is 5.74. The summed E-state index contributed by atoms with van der Waals surface area (Å²) in [6.07, 6.45) is 1.48. The number of nitrogens with one attached hydrogen (secondary N) is 3. The molecule has 2 rings (SSSR count). The summed E-state index contributed by atoms with van der Waals surface area (Å²) in [6.45, 7) is 1.55. The van der Waals surface area contributed by atoms with Gasteiger partial charge in [0.25, 0.3) is 11.5 Å². The quantitative estimate of drug-likeness (QED) is 0.585. The van der Waals surface area contributed by atoms with Gasteiger partial charge in [-0.25, -0.2) is 5.43 Å². The van der Waals surface area contributed by atoms with Gasteiger partial charge in [-0.05, 0) is 24.6 Å². The maximum atomic E-state index is 11.7. The Labute approximate surface area is 113 Å². The lowest BCUT2D eigenvalue weighted by Gasteiger charge is -1.97. The lowest BCUT2D eigenvalue weighted by Crippen LogP contribution is -2.19. The van der Waals surface area contributed by atoms with Gasteiger partial charge in [0.1, 0.15) is 5.69 Å². The van der Waals surface area contributed by atoms with Crippen LogP contribution >= 0.6 is 11.6 Å². The highest BCUT2D eigenvalue weighted by molar-refractivity contribution is 6.30. The second kappa shape index (κ2) is 5.53. The van der Waals surface area contributed by atoms with Crippen LogP contribution in [-0.2, 0) is 0 Å². The summed E-state index contributed by atoms with van der Waals surface area (Å²) in [5.74, 6) is -0.485. The first-order valence-electron chi connectivity index (χ1n) is 5.44. The third-order valence-electron chi connectivity index (χ3n) is 2.49. The summed E-state index contributed by atoms with van der Waals surface area (Å²) in [5.41, 5.74) is 3.28. The van der Waals surface area contributed by atoms with E-state index in [1.54, 1.807) is 31.2 Å². The van der Waals surface area contributed by atoms with Gasteiger partial charge in [-0.15, -0.1) is 0 Å². The van der Waals surface area contributed by atoms with Gasteiger partial charge in [-0.3, -0.25) is 19.8 Å². The van der Waals surface area contributed by atoms with Crippen molar-refractivity contribution in [1.82, 2.24) is 15.6 Å². The maximum absolute atomic E-state index is 11.7. The molecule has 1 aromatic heterocycles. The van der Waals surface area contributed by atoms with E-state index in [4.69, 9.17) is 11.6 Å². The SMILES string of the molecule is Cc1c(C(=O)N/N=C\c2ccc(Cl)cc2)[nH][nH]c1=O. The van der Waals surface area contributed by atoms with Crippen molar-refractivity contribution < 1.29 is 4.79 Å². The molecule has 2 aromatic rings. The minimum atomic E-state index is -0.485. The molecule has 7 heteroatoms. The first kappa shape index (κ1) is 13.1. The standard InChI is InChI=1S/C12H11ClN4O2/c1-7-10(15-17-11(7)18)12(19)16-14-6-8-2-4-9(13)5-3-8/h2-6H,1H3,(H,16,19)(H2,15,17,18)/b14-6-. The number of aromatic nitrogens is 2. The maximum Gasteiger partial charge on any atom is 0.289 e. The Hall–Kier alpha value is -2.34. The Morgan fingerprint density at radius 1 is 1.32 bits per heavy atom. The van der Waals surface area contributed by atoms with Crippen LogP contribution in [0.1, 0.15) is 21.6 Å². The molecule has 3 N–H and O–H groups in total. The minimum Gasteiger partial charge on any atom is -0.293 e. The molecule has 1 amide bonds. The van der Waals surface area contributed by atoms with Gasteiger partial charge in [0.05, 0.1) is 6.21 Å². The van der Waals surface area contributed by atoms with Gasteiger partial charge in [-0.1, -0.05) is 23.7 Å². The molecule has 0 saturated carbocycles. The normalized spacial score (nSPS) is 10.8. The van der Waals surface area contributed by atoms with E-state index in [9.17, 15) is 9.59 Å². The number of hydrogen-bond acceptors (Lipinski definition) is 3. The highest BCUT2D eigenvalue weighted by Crippen LogP contribution is 2.07. The molecule has 0 aliphatic heterocycles. The van der Waals surface area contributed by atoms with Crippen LogP contribution in [-0.4, -0.2) is 22.3 Å². The van der Waals surface area contributed by atoms with Crippen LogP contribution in [0.3, 0.4) is 0 Å². The molecule has 0 aliphatic carbocycles. The summed E-state index contributed by atoms with van der Waals surface area (Å²) in [4.78, 5) is 22.8. The van der Waals surface area contributed by atoms with E-state index in [0.717, 1.165) is 5.56 Å². The molecule has 0 aliphatic rings. The van der Waals surface area contributed by atoms with Gasteiger partial charge in [0, 0.05) is 10.6 Å². The molecule has 98 valence electrons. The third kappa shape index (κ3) is 3.11. The zero-order valence-corrected chi connectivity index (χ0v) is 10.8. The highest BCUT2D eigenvalue weighted by atomic mass is 35.5. The van der Waals surface area contributed by atoms with Crippen molar-refractivity contribution in [1.29, 1.82) is 0 Å². The number of amides is 1. The van der Waals surface area contributed by atoms with Crippen molar-refractivity contribution in [3.8, 4) is 0 Å². The van der Waals surface area contributed by atoms with Gasteiger partial charge in [-0.2, -0.15) is 5.10 Å². The third-order valence-corrected chi connectivity index (χ3v) is 2.75. The van der Waals surface area contributed by atoms with E-state index < -0.39 is 5.91 Å². The number of hydrogen-bond donors (Lipinski definition) is 3. The molecule has 0 unspecified atom stereocenters. The zero-order chi connectivity index (χ0) is 13.8. The zero-order valence-electron chi connectivity index (χ0n) is 10.0. The fourth-order valence-corrected chi connectivity index (χ4v) is 1.54. The van der Waals surface area contributed by atoms with E-state index in [1.165, 1.54) is 6.21 Å². The number of carbonyl (C=O) groups excluding carboxylic acids is 1. The number of nitrogens with zero attached hydrogens (tertiary/aromatic N) is 1. The van der Waals surface area contributed by atoms with E-state index in [2.05, 4.69) is 20.7 Å². The fraction of sp³-hybridized carbons (Fsp3) is 0.0833. The summed E-state index contributed by atoms with van der Waals surface area (Å²) < 4.78 is 0. The van der Waals surface area contributed by atoms with Crippen LogP contribution in [0.5, 0.6) is 0 Å². The highest BCUT2D eigenvalue weighted by Gasteiger charge is 2.12. The van der Waals surface area contributed by atoms with Gasteiger partial charge >= 0.3 is 0 Å². The molecule has 0 spiro atoms. The Kier molecular flexibility index (Phi) is 3.82. The second-order valence-electron chi connectivity index (χ2n) is 3.83. The Morgan fingerprint density at radius 2 is 2.00 bits per heavy atom. The molecule has 0 saturated heterocycles. The predicted octanol–water partition coefficient (Wildman–Crippen LogP) is 1.43. The average Bonchev–Trinajstić information content (AvgIpc) is 2.72. The Morgan fingerprint density at radius 3 is 2.58 bits per heavy atom. The summed E-state index contributed by atoms with van der Waals surface area (Å²) in [5, 5.41) is 9.23. The van der Waals surface area contributed by atoms with E-state index in [0.29, 0.717) is 10.6 Å². The molecule has 0 radical (unpaired) electrons. The molecule has 6 nitrogen and oxygen atoms in total. The molecular formula is C12H11ClN4O2. The number of halogens is 1. The first-order valence-corrected chi connectivity index (χ1v) is 5.82. The molecule has 1 heterocycles. The minimum absolute atomic E-state index is 0.165. The lowest BCUT2D eigenvalue weighted by atomic mass is 10.2.